The molecule has 9 heteroatoms. The molecule has 2 aromatic heterocycles. The maximum absolute atomic E-state index is 12.3. The van der Waals surface area contributed by atoms with Crippen LogP contribution in [0.5, 0.6) is 0 Å². The van der Waals surface area contributed by atoms with Gasteiger partial charge in [-0.3, -0.25) is 5.32 Å². The Balaban J connectivity index is 1.52. The Kier molecular flexibility index (Phi) is 8.81. The molecule has 2 amide bonds. The zero-order chi connectivity index (χ0) is 25.3. The second kappa shape index (κ2) is 12.0. The predicted molar refractivity (Wildman–Crippen MR) is 139 cm³/mol. The lowest BCUT2D eigenvalue weighted by Crippen LogP contribution is -2.25. The lowest BCUT2D eigenvalue weighted by molar-refractivity contribution is 0.262. The molecule has 0 unspecified atom stereocenters. The summed E-state index contributed by atoms with van der Waals surface area (Å²) in [5.74, 6) is 7.76. The zero-order valence-corrected chi connectivity index (χ0v) is 20.9. The van der Waals surface area contributed by atoms with E-state index in [0.717, 1.165) is 25.1 Å². The van der Waals surface area contributed by atoms with Crippen LogP contribution < -0.4 is 21.3 Å². The van der Waals surface area contributed by atoms with Crippen LogP contribution in [0, 0.1) is 11.8 Å². The smallest absolute Gasteiger partial charge is 0.324 e. The van der Waals surface area contributed by atoms with E-state index in [-0.39, 0.29) is 5.41 Å². The van der Waals surface area contributed by atoms with Gasteiger partial charge in [-0.1, -0.05) is 57.7 Å². The first kappa shape index (κ1) is 25.7. The molecule has 9 nitrogen and oxygen atoms in total. The zero-order valence-electron chi connectivity index (χ0n) is 20.9. The maximum Gasteiger partial charge on any atom is 0.324 e. The van der Waals surface area contributed by atoms with E-state index in [9.17, 15) is 4.79 Å². The number of benzene rings is 1. The van der Waals surface area contributed by atoms with Gasteiger partial charge in [0.2, 0.25) is 5.95 Å². The largest absolute Gasteiger partial charge is 0.359 e. The van der Waals surface area contributed by atoms with Crippen LogP contribution in [0.3, 0.4) is 0 Å². The van der Waals surface area contributed by atoms with Crippen molar-refractivity contribution in [2.45, 2.75) is 52.5 Å². The van der Waals surface area contributed by atoms with Crippen molar-refractivity contribution in [3.63, 3.8) is 0 Å². The second-order valence-electron chi connectivity index (χ2n) is 9.42. The number of carbonyl (C=O) groups is 1. The lowest BCUT2D eigenvalue weighted by atomic mass is 9.93. The quantitative estimate of drug-likeness (QED) is 0.278. The van der Waals surface area contributed by atoms with Gasteiger partial charge in [0.05, 0.1) is 5.56 Å². The summed E-state index contributed by atoms with van der Waals surface area (Å²) in [6.07, 6.45) is 4.37. The fourth-order valence-corrected chi connectivity index (χ4v) is 2.95. The molecule has 4 N–H and O–H groups in total. The van der Waals surface area contributed by atoms with Crippen LogP contribution in [0.2, 0.25) is 0 Å². The third kappa shape index (κ3) is 8.76. The van der Waals surface area contributed by atoms with Gasteiger partial charge in [0.15, 0.2) is 5.82 Å². The van der Waals surface area contributed by atoms with Gasteiger partial charge in [0.1, 0.15) is 5.76 Å². The highest BCUT2D eigenvalue weighted by atomic mass is 16.5. The van der Waals surface area contributed by atoms with Gasteiger partial charge >= 0.3 is 6.03 Å². The van der Waals surface area contributed by atoms with Crippen LogP contribution in [-0.2, 0) is 5.41 Å². The van der Waals surface area contributed by atoms with E-state index >= 15 is 0 Å². The Morgan fingerprint density at radius 3 is 2.46 bits per heavy atom. The van der Waals surface area contributed by atoms with Gasteiger partial charge in [-0.2, -0.15) is 0 Å². The molecule has 0 radical (unpaired) electrons. The van der Waals surface area contributed by atoms with Crippen molar-refractivity contribution in [3.05, 3.63) is 59.6 Å². The minimum atomic E-state index is -0.416. The van der Waals surface area contributed by atoms with Gasteiger partial charge in [-0.05, 0) is 31.2 Å². The molecule has 3 aromatic rings. The van der Waals surface area contributed by atoms with Crippen LogP contribution in [0.4, 0.5) is 22.2 Å². The van der Waals surface area contributed by atoms with Crippen molar-refractivity contribution in [2.75, 3.05) is 29.0 Å². The van der Waals surface area contributed by atoms with Gasteiger partial charge in [0, 0.05) is 47.7 Å². The molecule has 0 spiro atoms. The second-order valence-corrected chi connectivity index (χ2v) is 9.42. The highest BCUT2D eigenvalue weighted by molar-refractivity contribution is 5.99. The van der Waals surface area contributed by atoms with Crippen LogP contribution in [0.25, 0.3) is 0 Å². The molecule has 3 rings (SSSR count). The van der Waals surface area contributed by atoms with E-state index in [1.165, 1.54) is 0 Å². The summed E-state index contributed by atoms with van der Waals surface area (Å²) in [7, 11) is 0. The number of nitrogens with zero attached hydrogens (tertiary/aromatic N) is 3. The molecule has 0 atom stereocenters. The third-order valence-electron chi connectivity index (χ3n) is 4.80. The van der Waals surface area contributed by atoms with Crippen molar-refractivity contribution in [2.24, 2.45) is 0 Å². The van der Waals surface area contributed by atoms with Crippen LogP contribution in [0.15, 0.2) is 47.2 Å². The Bertz CT molecular complexity index is 1170. The summed E-state index contributed by atoms with van der Waals surface area (Å²) in [4.78, 5) is 21.0. The number of nitrogens with one attached hydrogen (secondary N) is 4. The molecule has 184 valence electrons. The van der Waals surface area contributed by atoms with E-state index in [2.05, 4.69) is 62.1 Å². The molecule has 1 aromatic carbocycles. The molecule has 0 bridgehead atoms. The third-order valence-corrected chi connectivity index (χ3v) is 4.80. The molecular formula is C26H33N7O2. The number of aromatic nitrogens is 3. The van der Waals surface area contributed by atoms with Crippen LogP contribution >= 0.6 is 0 Å². The van der Waals surface area contributed by atoms with Crippen molar-refractivity contribution in [1.29, 1.82) is 0 Å². The van der Waals surface area contributed by atoms with E-state index < -0.39 is 6.03 Å². The molecule has 0 aliphatic rings. The molecule has 0 aliphatic carbocycles. The molecular weight excluding hydrogens is 442 g/mol. The van der Waals surface area contributed by atoms with Gasteiger partial charge in [0.25, 0.3) is 0 Å². The lowest BCUT2D eigenvalue weighted by Gasteiger charge is -2.12. The summed E-state index contributed by atoms with van der Waals surface area (Å²) in [5, 5.41) is 15.9. The summed E-state index contributed by atoms with van der Waals surface area (Å²) >= 11 is 0. The van der Waals surface area contributed by atoms with Crippen LogP contribution in [-0.4, -0.2) is 40.3 Å². The monoisotopic (exact) mass is 475 g/mol. The number of rotatable bonds is 8. The summed E-state index contributed by atoms with van der Waals surface area (Å²) < 4.78 is 5.29. The molecule has 2 heterocycles. The molecule has 0 fully saturated rings. The fraction of sp³-hybridized carbons (Fsp3) is 0.385. The van der Waals surface area contributed by atoms with E-state index in [0.29, 0.717) is 34.8 Å². The number of hydrogen-bond donors (Lipinski definition) is 4. The normalized spacial score (nSPS) is 11.0. The van der Waals surface area contributed by atoms with Gasteiger partial charge < -0.3 is 20.5 Å². The Labute approximate surface area is 206 Å². The SMILES string of the molecule is CC(C)NCCCNc1ncc(C#Cc2cccc(NC(=O)Nc3cc(C(C)(C)C)on3)c2)cn1. The first-order valence-corrected chi connectivity index (χ1v) is 11.7. The van der Waals surface area contributed by atoms with Gasteiger partial charge in [-0.25, -0.2) is 14.8 Å². The topological polar surface area (TPSA) is 117 Å². The molecule has 0 saturated carbocycles. The average molecular weight is 476 g/mol. The molecule has 0 aliphatic heterocycles. The average Bonchev–Trinajstić information content (AvgIpc) is 3.27. The first-order valence-electron chi connectivity index (χ1n) is 11.7. The number of urea groups is 1. The Morgan fingerprint density at radius 2 is 1.77 bits per heavy atom. The van der Waals surface area contributed by atoms with E-state index in [4.69, 9.17) is 4.52 Å². The summed E-state index contributed by atoms with van der Waals surface area (Å²) in [5.41, 5.74) is 1.87. The first-order chi connectivity index (χ1) is 16.7. The fourth-order valence-electron chi connectivity index (χ4n) is 2.95. The van der Waals surface area contributed by atoms with Crippen molar-refractivity contribution < 1.29 is 9.32 Å². The highest BCUT2D eigenvalue weighted by Gasteiger charge is 2.20. The molecule has 35 heavy (non-hydrogen) atoms. The number of hydrogen-bond acceptors (Lipinski definition) is 7. The van der Waals surface area contributed by atoms with Crippen molar-refractivity contribution in [3.8, 4) is 11.8 Å². The number of anilines is 3. The van der Waals surface area contributed by atoms with Crippen molar-refractivity contribution in [1.82, 2.24) is 20.4 Å². The Morgan fingerprint density at radius 1 is 1.03 bits per heavy atom. The summed E-state index contributed by atoms with van der Waals surface area (Å²) in [6, 6.07) is 9.05. The number of amides is 2. The predicted octanol–water partition coefficient (Wildman–Crippen LogP) is 4.61. The van der Waals surface area contributed by atoms with E-state index in [1.807, 2.05) is 32.9 Å². The van der Waals surface area contributed by atoms with Gasteiger partial charge in [-0.15, -0.1) is 0 Å². The van der Waals surface area contributed by atoms with Crippen LogP contribution in [0.1, 0.15) is 57.9 Å². The maximum atomic E-state index is 12.3. The van der Waals surface area contributed by atoms with E-state index in [1.54, 1.807) is 30.6 Å². The molecule has 0 saturated heterocycles. The Hall–Kier alpha value is -3.90. The standard InChI is InChI=1S/C26H33N7O2/c1-18(2)27-12-7-13-28-24-29-16-20(17-30-24)11-10-19-8-6-9-21(14-19)31-25(34)32-23-15-22(35-33-23)26(3,4)5/h6,8-9,14-18,27H,7,12-13H2,1-5H3,(H,28,29,30)(H2,31,32,33,34). The minimum Gasteiger partial charge on any atom is -0.359 e. The minimum absolute atomic E-state index is 0.191. The summed E-state index contributed by atoms with van der Waals surface area (Å²) in [6.45, 7) is 12.0. The number of carbonyl (C=O) groups excluding carboxylic acids is 1. The highest BCUT2D eigenvalue weighted by Crippen LogP contribution is 2.24. The van der Waals surface area contributed by atoms with Crippen molar-refractivity contribution >= 4 is 23.5 Å².